The molecule has 4 nitrogen and oxygen atoms in total. The predicted octanol–water partition coefficient (Wildman–Crippen LogP) is 3.02. The number of rotatable bonds is 5. The molecule has 0 radical (unpaired) electrons. The van der Waals surface area contributed by atoms with Crippen LogP contribution in [0.15, 0.2) is 35.4 Å². The third-order valence-electron chi connectivity index (χ3n) is 2.73. The van der Waals surface area contributed by atoms with E-state index in [2.05, 4.69) is 27.4 Å². The molecule has 2 aromatic rings. The van der Waals surface area contributed by atoms with Gasteiger partial charge in [0.05, 0.1) is 6.20 Å². The largest absolute Gasteiger partial charge is 0.360 e. The van der Waals surface area contributed by atoms with E-state index in [4.69, 9.17) is 0 Å². The van der Waals surface area contributed by atoms with Crippen LogP contribution in [0.4, 0.5) is 16.2 Å². The average molecular weight is 292 g/mol. The fraction of sp³-hybridized carbons (Fsp3) is 0.286. The third kappa shape index (κ3) is 3.60. The first-order chi connectivity index (χ1) is 9.60. The van der Waals surface area contributed by atoms with Crippen LogP contribution in [-0.4, -0.2) is 30.3 Å². The van der Waals surface area contributed by atoms with Crippen molar-refractivity contribution < 1.29 is 4.39 Å². The highest BCUT2D eigenvalue weighted by Crippen LogP contribution is 2.17. The first kappa shape index (κ1) is 14.6. The summed E-state index contributed by atoms with van der Waals surface area (Å²) in [5.74, 6) is 0.273. The summed E-state index contributed by atoms with van der Waals surface area (Å²) in [5, 5.41) is 3.11. The van der Waals surface area contributed by atoms with Crippen molar-refractivity contribution in [3.63, 3.8) is 0 Å². The quantitative estimate of drug-likeness (QED) is 0.858. The molecular weight excluding hydrogens is 275 g/mol. The Kier molecular flexibility index (Phi) is 4.79. The Morgan fingerprint density at radius 3 is 2.85 bits per heavy atom. The number of anilines is 2. The molecule has 1 aromatic heterocycles. The Labute approximate surface area is 122 Å². The second kappa shape index (κ2) is 6.56. The Bertz CT molecular complexity index is 589. The molecule has 0 unspecified atom stereocenters. The lowest BCUT2D eigenvalue weighted by atomic mass is 10.2. The van der Waals surface area contributed by atoms with E-state index >= 15 is 0 Å². The normalized spacial score (nSPS) is 10.4. The minimum Gasteiger partial charge on any atom is -0.360 e. The Hall–Kier alpha value is -1.82. The molecule has 0 atom stereocenters. The first-order valence-corrected chi connectivity index (χ1v) is 7.39. The van der Waals surface area contributed by atoms with Crippen LogP contribution in [0.5, 0.6) is 0 Å². The highest BCUT2D eigenvalue weighted by molar-refractivity contribution is 7.98. The maximum atomic E-state index is 13.5. The average Bonchev–Trinajstić information content (AvgIpc) is 2.46. The molecule has 1 N–H and O–H groups in total. The van der Waals surface area contributed by atoms with Gasteiger partial charge in [0.1, 0.15) is 0 Å². The van der Waals surface area contributed by atoms with Gasteiger partial charge in [-0.25, -0.2) is 9.37 Å². The Morgan fingerprint density at radius 2 is 2.15 bits per heavy atom. The van der Waals surface area contributed by atoms with E-state index in [0.717, 1.165) is 5.56 Å². The lowest BCUT2D eigenvalue weighted by Gasteiger charge is -2.13. The summed E-state index contributed by atoms with van der Waals surface area (Å²) in [6.07, 6.45) is 3.22. The topological polar surface area (TPSA) is 41.1 Å². The van der Waals surface area contributed by atoms with Gasteiger partial charge in [0, 0.05) is 25.5 Å². The lowest BCUT2D eigenvalue weighted by molar-refractivity contribution is 0.612. The van der Waals surface area contributed by atoms with Crippen LogP contribution < -0.4 is 10.2 Å². The van der Waals surface area contributed by atoms with Crippen molar-refractivity contribution in [2.24, 2.45) is 0 Å². The van der Waals surface area contributed by atoms with Gasteiger partial charge in [-0.15, -0.1) is 11.8 Å². The number of thioether (sulfide) groups is 1. The van der Waals surface area contributed by atoms with Crippen LogP contribution in [0.3, 0.4) is 0 Å². The molecule has 0 saturated heterocycles. The standard InChI is InChI=1S/C14H17FN4S/c1-19(2)13-12(15)9-17-14(18-13)16-8-10-5-4-6-11(7-10)20-3/h4-7,9H,8H2,1-3H3,(H,16,17,18). The SMILES string of the molecule is CSc1cccc(CNc2ncc(F)c(N(C)C)n2)c1. The predicted molar refractivity (Wildman–Crippen MR) is 81.9 cm³/mol. The van der Waals surface area contributed by atoms with E-state index in [1.165, 1.54) is 11.1 Å². The number of nitrogens with one attached hydrogen (secondary N) is 1. The van der Waals surface area contributed by atoms with Crippen molar-refractivity contribution in [1.82, 2.24) is 9.97 Å². The highest BCUT2D eigenvalue weighted by atomic mass is 32.2. The van der Waals surface area contributed by atoms with Gasteiger partial charge in [0.25, 0.3) is 0 Å². The molecule has 6 heteroatoms. The summed E-state index contributed by atoms with van der Waals surface area (Å²) >= 11 is 1.70. The second-order valence-electron chi connectivity index (χ2n) is 4.46. The van der Waals surface area contributed by atoms with Crippen molar-refractivity contribution >= 4 is 23.5 Å². The summed E-state index contributed by atoms with van der Waals surface area (Å²) in [4.78, 5) is 10.9. The van der Waals surface area contributed by atoms with Gasteiger partial charge in [-0.1, -0.05) is 12.1 Å². The number of benzene rings is 1. The van der Waals surface area contributed by atoms with Crippen LogP contribution in [-0.2, 0) is 6.54 Å². The molecule has 0 amide bonds. The van der Waals surface area contributed by atoms with Gasteiger partial charge < -0.3 is 10.2 Å². The summed E-state index contributed by atoms with van der Waals surface area (Å²) in [5.41, 5.74) is 1.14. The van der Waals surface area contributed by atoms with Gasteiger partial charge in [0.15, 0.2) is 11.6 Å². The lowest BCUT2D eigenvalue weighted by Crippen LogP contribution is -2.15. The number of nitrogens with zero attached hydrogens (tertiary/aromatic N) is 3. The number of hydrogen-bond acceptors (Lipinski definition) is 5. The molecule has 0 fully saturated rings. The van der Waals surface area contributed by atoms with Crippen molar-refractivity contribution in [2.75, 3.05) is 30.6 Å². The third-order valence-corrected chi connectivity index (χ3v) is 3.46. The van der Waals surface area contributed by atoms with Crippen molar-refractivity contribution in [3.05, 3.63) is 41.8 Å². The molecule has 0 aliphatic carbocycles. The molecule has 106 valence electrons. The monoisotopic (exact) mass is 292 g/mol. The molecule has 0 aliphatic rings. The summed E-state index contributed by atoms with van der Waals surface area (Å²) in [6, 6.07) is 8.21. The fourth-order valence-corrected chi connectivity index (χ4v) is 2.20. The summed E-state index contributed by atoms with van der Waals surface area (Å²) in [6.45, 7) is 0.604. The van der Waals surface area contributed by atoms with Crippen molar-refractivity contribution in [3.8, 4) is 0 Å². The van der Waals surface area contributed by atoms with Crippen LogP contribution in [0.2, 0.25) is 0 Å². The minimum atomic E-state index is -0.426. The summed E-state index contributed by atoms with van der Waals surface area (Å²) in [7, 11) is 3.49. The van der Waals surface area contributed by atoms with E-state index in [0.29, 0.717) is 12.5 Å². The zero-order valence-electron chi connectivity index (χ0n) is 11.7. The van der Waals surface area contributed by atoms with Gasteiger partial charge in [-0.05, 0) is 24.0 Å². The van der Waals surface area contributed by atoms with Crippen LogP contribution in [0.1, 0.15) is 5.56 Å². The molecule has 1 heterocycles. The van der Waals surface area contributed by atoms with Gasteiger partial charge in [-0.3, -0.25) is 0 Å². The van der Waals surface area contributed by atoms with Crippen molar-refractivity contribution in [2.45, 2.75) is 11.4 Å². The smallest absolute Gasteiger partial charge is 0.225 e. The number of hydrogen-bond donors (Lipinski definition) is 1. The van der Waals surface area contributed by atoms with Gasteiger partial charge in [-0.2, -0.15) is 4.98 Å². The first-order valence-electron chi connectivity index (χ1n) is 6.17. The van der Waals surface area contributed by atoms with E-state index in [1.807, 2.05) is 18.4 Å². The van der Waals surface area contributed by atoms with E-state index in [-0.39, 0.29) is 5.82 Å². The minimum absolute atomic E-state index is 0.278. The molecule has 0 spiro atoms. The highest BCUT2D eigenvalue weighted by Gasteiger charge is 2.08. The fourth-order valence-electron chi connectivity index (χ4n) is 1.72. The van der Waals surface area contributed by atoms with Gasteiger partial charge in [0.2, 0.25) is 5.95 Å². The van der Waals surface area contributed by atoms with E-state index < -0.39 is 5.82 Å². The second-order valence-corrected chi connectivity index (χ2v) is 5.34. The number of aromatic nitrogens is 2. The zero-order chi connectivity index (χ0) is 14.5. The molecular formula is C14H17FN4S. The number of halogens is 1. The van der Waals surface area contributed by atoms with Gasteiger partial charge >= 0.3 is 0 Å². The van der Waals surface area contributed by atoms with Crippen molar-refractivity contribution in [1.29, 1.82) is 0 Å². The van der Waals surface area contributed by atoms with E-state index in [1.54, 1.807) is 30.8 Å². The Morgan fingerprint density at radius 1 is 1.35 bits per heavy atom. The maximum absolute atomic E-state index is 13.5. The zero-order valence-corrected chi connectivity index (χ0v) is 12.5. The Balaban J connectivity index is 2.08. The van der Waals surface area contributed by atoms with Crippen LogP contribution in [0.25, 0.3) is 0 Å². The van der Waals surface area contributed by atoms with Crippen LogP contribution >= 0.6 is 11.8 Å². The molecule has 0 saturated carbocycles. The molecule has 1 aromatic carbocycles. The summed E-state index contributed by atoms with van der Waals surface area (Å²) < 4.78 is 13.5. The molecule has 2 rings (SSSR count). The molecule has 20 heavy (non-hydrogen) atoms. The maximum Gasteiger partial charge on any atom is 0.225 e. The van der Waals surface area contributed by atoms with Crippen LogP contribution in [0, 0.1) is 5.82 Å². The van der Waals surface area contributed by atoms with E-state index in [9.17, 15) is 4.39 Å². The molecule has 0 bridgehead atoms. The molecule has 0 aliphatic heterocycles.